The molecule has 2 rings (SSSR count). The normalized spacial score (nSPS) is 29.3. The molecule has 0 spiro atoms. The van der Waals surface area contributed by atoms with Crippen molar-refractivity contribution in [3.05, 3.63) is 0 Å². The summed E-state index contributed by atoms with van der Waals surface area (Å²) in [4.78, 5) is 4.54. The molecule has 4 heteroatoms. The quantitative estimate of drug-likeness (QED) is 0.558. The van der Waals surface area contributed by atoms with Gasteiger partial charge in [0, 0.05) is 11.8 Å². The molecular weight excluding hydrogens is 206 g/mol. The van der Waals surface area contributed by atoms with Crippen LogP contribution in [0.4, 0.5) is 0 Å². The average molecular weight is 227 g/mol. The van der Waals surface area contributed by atoms with Gasteiger partial charge in [0.25, 0.3) is 0 Å². The van der Waals surface area contributed by atoms with Crippen LogP contribution < -0.4 is 11.1 Å². The lowest BCUT2D eigenvalue weighted by molar-refractivity contribution is 0.585. The highest BCUT2D eigenvalue weighted by molar-refractivity contribution is 7.99. The van der Waals surface area contributed by atoms with Crippen molar-refractivity contribution in [2.45, 2.75) is 50.6 Å². The monoisotopic (exact) mass is 227 g/mol. The minimum Gasteiger partial charge on any atom is -0.370 e. The Labute approximate surface area is 96.3 Å². The Bertz CT molecular complexity index is 218. The highest BCUT2D eigenvalue weighted by atomic mass is 32.2. The Balaban J connectivity index is 1.76. The lowest BCUT2D eigenvalue weighted by Gasteiger charge is -2.23. The molecule has 1 heterocycles. The maximum Gasteiger partial charge on any atom is 0.189 e. The number of rotatable bonds is 2. The van der Waals surface area contributed by atoms with Gasteiger partial charge >= 0.3 is 0 Å². The van der Waals surface area contributed by atoms with Crippen LogP contribution in [0.5, 0.6) is 0 Å². The highest BCUT2D eigenvalue weighted by Crippen LogP contribution is 2.21. The van der Waals surface area contributed by atoms with E-state index in [0.29, 0.717) is 18.0 Å². The largest absolute Gasteiger partial charge is 0.370 e. The van der Waals surface area contributed by atoms with E-state index in [0.717, 1.165) is 0 Å². The fraction of sp³-hybridized carbons (Fsp3) is 0.909. The molecule has 0 aromatic rings. The van der Waals surface area contributed by atoms with Gasteiger partial charge in [-0.2, -0.15) is 11.8 Å². The van der Waals surface area contributed by atoms with Crippen LogP contribution in [0.2, 0.25) is 0 Å². The number of hydrogen-bond donors (Lipinski definition) is 2. The number of guanidine groups is 1. The number of hydrogen-bond acceptors (Lipinski definition) is 2. The zero-order chi connectivity index (χ0) is 10.5. The van der Waals surface area contributed by atoms with Crippen molar-refractivity contribution < 1.29 is 0 Å². The first-order valence-electron chi connectivity index (χ1n) is 6.02. The van der Waals surface area contributed by atoms with Crippen LogP contribution in [-0.2, 0) is 0 Å². The van der Waals surface area contributed by atoms with E-state index < -0.39 is 0 Å². The first kappa shape index (κ1) is 11.1. The van der Waals surface area contributed by atoms with Crippen molar-refractivity contribution in [1.82, 2.24) is 5.32 Å². The van der Waals surface area contributed by atoms with E-state index in [1.54, 1.807) is 0 Å². The lowest BCUT2D eigenvalue weighted by Crippen LogP contribution is -2.43. The van der Waals surface area contributed by atoms with E-state index in [1.165, 1.54) is 50.0 Å². The second-order valence-corrected chi connectivity index (χ2v) is 5.66. The van der Waals surface area contributed by atoms with Crippen molar-refractivity contribution >= 4 is 17.7 Å². The molecule has 1 aliphatic carbocycles. The Morgan fingerprint density at radius 2 is 2.00 bits per heavy atom. The van der Waals surface area contributed by atoms with Crippen molar-refractivity contribution in [3.63, 3.8) is 0 Å². The fourth-order valence-electron chi connectivity index (χ4n) is 2.33. The molecule has 0 bridgehead atoms. The van der Waals surface area contributed by atoms with E-state index in [4.69, 9.17) is 5.73 Å². The molecule has 2 aliphatic rings. The van der Waals surface area contributed by atoms with Gasteiger partial charge in [-0.15, -0.1) is 0 Å². The molecule has 0 amide bonds. The Kier molecular flexibility index (Phi) is 4.18. The van der Waals surface area contributed by atoms with Crippen LogP contribution in [0.15, 0.2) is 4.99 Å². The molecule has 1 saturated carbocycles. The Hall–Kier alpha value is -0.380. The summed E-state index contributed by atoms with van der Waals surface area (Å²) >= 11 is 2.01. The van der Waals surface area contributed by atoms with Crippen LogP contribution >= 0.6 is 11.8 Å². The second kappa shape index (κ2) is 5.64. The van der Waals surface area contributed by atoms with E-state index in [2.05, 4.69) is 10.3 Å². The maximum atomic E-state index is 5.91. The summed E-state index contributed by atoms with van der Waals surface area (Å²) in [6, 6.07) is 1.04. The zero-order valence-corrected chi connectivity index (χ0v) is 10.1. The molecular formula is C11H21N3S. The predicted octanol–water partition coefficient (Wildman–Crippen LogP) is 1.73. The molecule has 1 aliphatic heterocycles. The summed E-state index contributed by atoms with van der Waals surface area (Å²) in [5.74, 6) is 3.16. The lowest BCUT2D eigenvalue weighted by atomic mass is 10.2. The van der Waals surface area contributed by atoms with Crippen molar-refractivity contribution in [2.24, 2.45) is 10.7 Å². The molecule has 0 aromatic carbocycles. The van der Waals surface area contributed by atoms with Gasteiger partial charge in [0.1, 0.15) is 0 Å². The molecule has 86 valence electrons. The van der Waals surface area contributed by atoms with Crippen LogP contribution in [0.25, 0.3) is 0 Å². The number of thioether (sulfide) groups is 1. The number of aliphatic imine (C=N–C) groups is 1. The smallest absolute Gasteiger partial charge is 0.189 e. The molecule has 3 N–H and O–H groups in total. The molecule has 0 aromatic heterocycles. The minimum atomic E-state index is 0.494. The fourth-order valence-corrected chi connectivity index (χ4v) is 3.40. The maximum absolute atomic E-state index is 5.91. The van der Waals surface area contributed by atoms with Crippen LogP contribution in [-0.4, -0.2) is 29.5 Å². The summed E-state index contributed by atoms with van der Waals surface area (Å²) in [6.07, 6.45) is 7.64. The molecule has 0 radical (unpaired) electrons. The van der Waals surface area contributed by atoms with E-state index in [1.807, 2.05) is 11.8 Å². The van der Waals surface area contributed by atoms with Gasteiger partial charge in [0.15, 0.2) is 5.96 Å². The standard InChI is InChI=1S/C11H21N3S/c12-11(13-9-4-1-2-5-9)14-10-6-3-7-15-8-10/h9-10H,1-8H2,(H3,12,13,14). The number of nitrogens with two attached hydrogens (primary N) is 1. The van der Waals surface area contributed by atoms with Gasteiger partial charge in [-0.05, 0) is 31.4 Å². The summed E-state index contributed by atoms with van der Waals surface area (Å²) in [7, 11) is 0. The van der Waals surface area contributed by atoms with E-state index in [9.17, 15) is 0 Å². The molecule has 2 fully saturated rings. The van der Waals surface area contributed by atoms with Gasteiger partial charge < -0.3 is 11.1 Å². The van der Waals surface area contributed by atoms with Gasteiger partial charge in [0.2, 0.25) is 0 Å². The van der Waals surface area contributed by atoms with Crippen molar-refractivity contribution in [1.29, 1.82) is 0 Å². The molecule has 3 nitrogen and oxygen atoms in total. The van der Waals surface area contributed by atoms with Crippen molar-refractivity contribution in [3.8, 4) is 0 Å². The third kappa shape index (κ3) is 3.59. The highest BCUT2D eigenvalue weighted by Gasteiger charge is 2.16. The van der Waals surface area contributed by atoms with Crippen LogP contribution in [0.1, 0.15) is 38.5 Å². The van der Waals surface area contributed by atoms with Gasteiger partial charge in [-0.25, -0.2) is 0 Å². The third-order valence-electron chi connectivity index (χ3n) is 3.16. The predicted molar refractivity (Wildman–Crippen MR) is 67.4 cm³/mol. The molecule has 15 heavy (non-hydrogen) atoms. The van der Waals surface area contributed by atoms with Gasteiger partial charge in [0.05, 0.1) is 6.04 Å². The summed E-state index contributed by atoms with van der Waals surface area (Å²) in [6.45, 7) is 0. The van der Waals surface area contributed by atoms with E-state index >= 15 is 0 Å². The minimum absolute atomic E-state index is 0.494. The second-order valence-electron chi connectivity index (χ2n) is 4.51. The average Bonchev–Trinajstić information content (AvgIpc) is 2.71. The van der Waals surface area contributed by atoms with Crippen molar-refractivity contribution in [2.75, 3.05) is 11.5 Å². The van der Waals surface area contributed by atoms with Gasteiger partial charge in [-0.1, -0.05) is 12.8 Å². The number of nitrogens with one attached hydrogen (secondary N) is 1. The first-order valence-corrected chi connectivity index (χ1v) is 7.17. The summed E-state index contributed by atoms with van der Waals surface area (Å²) in [5.41, 5.74) is 5.91. The Morgan fingerprint density at radius 1 is 1.20 bits per heavy atom. The summed E-state index contributed by atoms with van der Waals surface area (Å²) in [5, 5.41) is 3.35. The topological polar surface area (TPSA) is 50.4 Å². The molecule has 1 unspecified atom stereocenters. The van der Waals surface area contributed by atoms with Crippen LogP contribution in [0, 0.1) is 0 Å². The van der Waals surface area contributed by atoms with E-state index in [-0.39, 0.29) is 0 Å². The zero-order valence-electron chi connectivity index (χ0n) is 9.24. The number of nitrogens with zero attached hydrogens (tertiary/aromatic N) is 1. The Morgan fingerprint density at radius 3 is 2.67 bits per heavy atom. The van der Waals surface area contributed by atoms with Crippen LogP contribution in [0.3, 0.4) is 0 Å². The summed E-state index contributed by atoms with van der Waals surface area (Å²) < 4.78 is 0. The molecule has 1 saturated heterocycles. The van der Waals surface area contributed by atoms with Gasteiger partial charge in [-0.3, -0.25) is 4.99 Å². The SMILES string of the molecule is NC(=NC1CCCC1)NC1CCCSC1. The first-order chi connectivity index (χ1) is 7.34. The molecule has 1 atom stereocenters. The third-order valence-corrected chi connectivity index (χ3v) is 4.37.